The molecule has 4 nitrogen and oxygen atoms in total. The number of halogens is 1. The van der Waals surface area contributed by atoms with Crippen molar-refractivity contribution in [1.29, 1.82) is 0 Å². The van der Waals surface area contributed by atoms with Crippen molar-refractivity contribution in [2.45, 2.75) is 18.8 Å². The minimum absolute atomic E-state index is 0.160. The van der Waals surface area contributed by atoms with Crippen LogP contribution < -0.4 is 0 Å². The van der Waals surface area contributed by atoms with Gasteiger partial charge >= 0.3 is 0 Å². The van der Waals surface area contributed by atoms with E-state index < -0.39 is 6.17 Å². The first kappa shape index (κ1) is 9.61. The molecule has 0 spiro atoms. The average molecular weight is 200 g/mol. The van der Waals surface area contributed by atoms with Crippen molar-refractivity contribution >= 4 is 0 Å². The summed E-state index contributed by atoms with van der Waals surface area (Å²) in [5.41, 5.74) is 0.812. The molecule has 1 saturated heterocycles. The number of ether oxygens (including phenoxy) is 1. The highest BCUT2D eigenvalue weighted by Gasteiger charge is 2.31. The Kier molecular flexibility index (Phi) is 2.79. The predicted octanol–water partition coefficient (Wildman–Crippen LogP) is 0.843. The van der Waals surface area contributed by atoms with Crippen LogP contribution in [0.25, 0.3) is 0 Å². The van der Waals surface area contributed by atoms with E-state index in [1.165, 1.54) is 6.39 Å². The lowest BCUT2D eigenvalue weighted by molar-refractivity contribution is 0.153. The third-order valence-corrected chi connectivity index (χ3v) is 2.44. The fraction of sp³-hybridized carbons (Fsp3) is 0.667. The minimum atomic E-state index is -0.896. The standard InChI is InChI=1S/C9H13FN2O2/c1-12(2-7-3-14-6-11-7)9-5-13-4-8(9)10/h3,6,8-9H,2,4-5H2,1H3. The van der Waals surface area contributed by atoms with Crippen molar-refractivity contribution in [3.8, 4) is 0 Å². The van der Waals surface area contributed by atoms with Crippen LogP contribution in [-0.2, 0) is 11.3 Å². The zero-order valence-electron chi connectivity index (χ0n) is 8.02. The van der Waals surface area contributed by atoms with E-state index in [4.69, 9.17) is 9.15 Å². The monoisotopic (exact) mass is 200 g/mol. The van der Waals surface area contributed by atoms with Gasteiger partial charge in [0.1, 0.15) is 12.4 Å². The highest BCUT2D eigenvalue weighted by Crippen LogP contribution is 2.16. The van der Waals surface area contributed by atoms with Gasteiger partial charge in [-0.15, -0.1) is 0 Å². The van der Waals surface area contributed by atoms with E-state index in [1.54, 1.807) is 6.26 Å². The fourth-order valence-electron chi connectivity index (χ4n) is 1.61. The predicted molar refractivity (Wildman–Crippen MR) is 47.5 cm³/mol. The van der Waals surface area contributed by atoms with Gasteiger partial charge in [-0.25, -0.2) is 9.37 Å². The van der Waals surface area contributed by atoms with E-state index in [2.05, 4.69) is 4.98 Å². The Morgan fingerprint density at radius 2 is 2.50 bits per heavy atom. The largest absolute Gasteiger partial charge is 0.451 e. The summed E-state index contributed by atoms with van der Waals surface area (Å²) in [7, 11) is 1.86. The Bertz CT molecular complexity index is 278. The Hall–Kier alpha value is -0.940. The molecule has 2 heterocycles. The van der Waals surface area contributed by atoms with Gasteiger partial charge in [-0.2, -0.15) is 0 Å². The molecule has 0 aliphatic carbocycles. The number of oxazole rings is 1. The molecule has 0 radical (unpaired) electrons. The van der Waals surface area contributed by atoms with Crippen LogP contribution in [0.1, 0.15) is 5.69 Å². The van der Waals surface area contributed by atoms with Crippen LogP contribution in [0.4, 0.5) is 4.39 Å². The topological polar surface area (TPSA) is 38.5 Å². The fourth-order valence-corrected chi connectivity index (χ4v) is 1.61. The minimum Gasteiger partial charge on any atom is -0.451 e. The van der Waals surface area contributed by atoms with E-state index in [0.717, 1.165) is 5.69 Å². The van der Waals surface area contributed by atoms with Crippen molar-refractivity contribution in [1.82, 2.24) is 9.88 Å². The summed E-state index contributed by atoms with van der Waals surface area (Å²) in [6.07, 6.45) is 2.05. The molecule has 5 heteroatoms. The maximum atomic E-state index is 13.3. The first-order valence-corrected chi connectivity index (χ1v) is 4.56. The van der Waals surface area contributed by atoms with E-state index >= 15 is 0 Å². The number of likely N-dealkylation sites (N-methyl/N-ethyl adjacent to an activating group) is 1. The van der Waals surface area contributed by atoms with Gasteiger partial charge in [0, 0.05) is 6.54 Å². The molecule has 1 aliphatic rings. The molecule has 1 aromatic heterocycles. The van der Waals surface area contributed by atoms with Crippen molar-refractivity contribution in [2.24, 2.45) is 0 Å². The van der Waals surface area contributed by atoms with Crippen molar-refractivity contribution < 1.29 is 13.5 Å². The number of aromatic nitrogens is 1. The van der Waals surface area contributed by atoms with Crippen LogP contribution in [0.2, 0.25) is 0 Å². The lowest BCUT2D eigenvalue weighted by Crippen LogP contribution is -2.38. The Labute approximate surface area is 81.7 Å². The molecule has 2 atom stereocenters. The summed E-state index contributed by atoms with van der Waals surface area (Å²) in [6.45, 7) is 1.24. The van der Waals surface area contributed by atoms with Gasteiger partial charge in [-0.1, -0.05) is 0 Å². The molecular formula is C9H13FN2O2. The zero-order valence-corrected chi connectivity index (χ0v) is 8.02. The van der Waals surface area contributed by atoms with Crippen LogP contribution in [0.15, 0.2) is 17.1 Å². The van der Waals surface area contributed by atoms with Crippen LogP contribution in [-0.4, -0.2) is 42.4 Å². The summed E-state index contributed by atoms with van der Waals surface area (Å²) in [4.78, 5) is 5.88. The normalized spacial score (nSPS) is 27.4. The maximum Gasteiger partial charge on any atom is 0.180 e. The van der Waals surface area contributed by atoms with Gasteiger partial charge in [0.05, 0.1) is 24.9 Å². The Balaban J connectivity index is 1.92. The molecule has 1 fully saturated rings. The summed E-state index contributed by atoms with van der Waals surface area (Å²) >= 11 is 0. The van der Waals surface area contributed by atoms with Crippen LogP contribution in [0.3, 0.4) is 0 Å². The van der Waals surface area contributed by atoms with Crippen molar-refractivity contribution in [3.05, 3.63) is 18.4 Å². The molecule has 1 aliphatic heterocycles. The number of hydrogen-bond donors (Lipinski definition) is 0. The van der Waals surface area contributed by atoms with Crippen molar-refractivity contribution in [3.63, 3.8) is 0 Å². The van der Waals surface area contributed by atoms with Gasteiger partial charge in [0.25, 0.3) is 0 Å². The quantitative estimate of drug-likeness (QED) is 0.724. The van der Waals surface area contributed by atoms with Gasteiger partial charge in [0.15, 0.2) is 6.39 Å². The first-order chi connectivity index (χ1) is 6.77. The number of nitrogens with zero attached hydrogens (tertiary/aromatic N) is 2. The molecule has 14 heavy (non-hydrogen) atoms. The van der Waals surface area contributed by atoms with Gasteiger partial charge in [-0.05, 0) is 7.05 Å². The molecule has 0 aromatic carbocycles. The lowest BCUT2D eigenvalue weighted by Gasteiger charge is -2.23. The van der Waals surface area contributed by atoms with Crippen LogP contribution in [0.5, 0.6) is 0 Å². The van der Waals surface area contributed by atoms with E-state index in [-0.39, 0.29) is 12.6 Å². The van der Waals surface area contributed by atoms with Gasteiger partial charge in [0.2, 0.25) is 0 Å². The Morgan fingerprint density at radius 1 is 1.64 bits per heavy atom. The summed E-state index contributed by atoms with van der Waals surface area (Å²) in [5, 5.41) is 0. The molecule has 2 unspecified atom stereocenters. The second-order valence-corrected chi connectivity index (χ2v) is 3.52. The molecular weight excluding hydrogens is 187 g/mol. The molecule has 0 bridgehead atoms. The number of hydrogen-bond acceptors (Lipinski definition) is 4. The van der Waals surface area contributed by atoms with E-state index in [0.29, 0.717) is 13.2 Å². The van der Waals surface area contributed by atoms with Crippen LogP contribution in [0, 0.1) is 0 Å². The molecule has 1 aromatic rings. The smallest absolute Gasteiger partial charge is 0.180 e. The van der Waals surface area contributed by atoms with Gasteiger partial charge in [-0.3, -0.25) is 4.90 Å². The molecule has 78 valence electrons. The van der Waals surface area contributed by atoms with E-state index in [9.17, 15) is 4.39 Å². The zero-order chi connectivity index (χ0) is 9.97. The third kappa shape index (κ3) is 1.93. The second-order valence-electron chi connectivity index (χ2n) is 3.52. The molecule has 2 rings (SSSR count). The molecule has 0 amide bonds. The number of rotatable bonds is 3. The van der Waals surface area contributed by atoms with E-state index in [1.807, 2.05) is 11.9 Å². The third-order valence-electron chi connectivity index (χ3n) is 2.44. The Morgan fingerprint density at radius 3 is 3.07 bits per heavy atom. The second kappa shape index (κ2) is 4.06. The summed E-state index contributed by atoms with van der Waals surface area (Å²) in [5.74, 6) is 0. The molecule has 0 saturated carbocycles. The van der Waals surface area contributed by atoms with Crippen molar-refractivity contribution in [2.75, 3.05) is 20.3 Å². The average Bonchev–Trinajstić information content (AvgIpc) is 2.75. The summed E-state index contributed by atoms with van der Waals surface area (Å²) in [6, 6.07) is -0.160. The number of alkyl halides is 1. The van der Waals surface area contributed by atoms with Crippen LogP contribution >= 0.6 is 0 Å². The van der Waals surface area contributed by atoms with Gasteiger partial charge < -0.3 is 9.15 Å². The maximum absolute atomic E-state index is 13.3. The SMILES string of the molecule is CN(Cc1cocn1)C1COCC1F. The lowest BCUT2D eigenvalue weighted by atomic mass is 10.2. The molecule has 0 N–H and O–H groups in total. The highest BCUT2D eigenvalue weighted by atomic mass is 19.1. The first-order valence-electron chi connectivity index (χ1n) is 4.56. The highest BCUT2D eigenvalue weighted by molar-refractivity contribution is 4.93. The summed E-state index contributed by atoms with van der Waals surface area (Å²) < 4.78 is 23.1.